The number of carbonyl (C=O) groups is 1. The van der Waals surface area contributed by atoms with Gasteiger partial charge in [-0.25, -0.2) is 0 Å². The van der Waals surface area contributed by atoms with Gasteiger partial charge in [0.05, 0.1) is 21.2 Å². The third kappa shape index (κ3) is 4.24. The Kier molecular flexibility index (Phi) is 5.39. The first-order valence-corrected chi connectivity index (χ1v) is 9.92. The summed E-state index contributed by atoms with van der Waals surface area (Å²) < 4.78 is 0. The fourth-order valence-electron chi connectivity index (χ4n) is 3.10. The molecule has 9 heteroatoms. The first-order valence-electron chi connectivity index (χ1n) is 9.54. The third-order valence-corrected chi connectivity index (χ3v) is 5.15. The van der Waals surface area contributed by atoms with Crippen LogP contribution in [0, 0.1) is 10.1 Å². The Bertz CT molecular complexity index is 1300. The number of benzene rings is 3. The summed E-state index contributed by atoms with van der Waals surface area (Å²) in [5.41, 5.74) is 3.83. The molecule has 1 heterocycles. The Morgan fingerprint density at radius 2 is 1.74 bits per heavy atom. The normalized spacial score (nSPS) is 11.1. The molecule has 1 amide bonds. The lowest BCUT2D eigenvalue weighted by atomic mass is 10.0. The van der Waals surface area contributed by atoms with Crippen molar-refractivity contribution >= 4 is 39.9 Å². The minimum absolute atomic E-state index is 0.00330. The fraction of sp³-hybridized carbons (Fsp3) is 0.136. The van der Waals surface area contributed by atoms with Crippen molar-refractivity contribution in [2.45, 2.75) is 19.8 Å². The zero-order valence-corrected chi connectivity index (χ0v) is 17.5. The van der Waals surface area contributed by atoms with E-state index < -0.39 is 10.8 Å². The second-order valence-corrected chi connectivity index (χ2v) is 7.72. The summed E-state index contributed by atoms with van der Waals surface area (Å²) >= 11 is 6.04. The van der Waals surface area contributed by atoms with Crippen LogP contribution in [0.25, 0.3) is 16.7 Å². The van der Waals surface area contributed by atoms with E-state index in [-0.39, 0.29) is 16.3 Å². The Labute approximate surface area is 182 Å². The molecular formula is C22H18ClN5O3. The van der Waals surface area contributed by atoms with Gasteiger partial charge in [0.15, 0.2) is 0 Å². The monoisotopic (exact) mass is 435 g/mol. The second-order valence-electron chi connectivity index (χ2n) is 7.31. The van der Waals surface area contributed by atoms with Crippen molar-refractivity contribution in [3.8, 4) is 5.69 Å². The summed E-state index contributed by atoms with van der Waals surface area (Å²) in [7, 11) is 0. The van der Waals surface area contributed by atoms with Crippen LogP contribution in [-0.2, 0) is 0 Å². The van der Waals surface area contributed by atoms with Gasteiger partial charge in [-0.2, -0.15) is 4.80 Å². The minimum atomic E-state index is -0.568. The maximum absolute atomic E-state index is 12.6. The van der Waals surface area contributed by atoms with Crippen LogP contribution in [0.4, 0.5) is 11.4 Å². The number of nitrogens with one attached hydrogen (secondary N) is 1. The van der Waals surface area contributed by atoms with Crippen molar-refractivity contribution in [2.75, 3.05) is 5.32 Å². The van der Waals surface area contributed by atoms with Gasteiger partial charge in [-0.15, -0.1) is 10.2 Å². The number of amides is 1. The molecule has 0 aliphatic rings. The standard InChI is InChI=1S/C22H18ClN5O3/c1-13(2)14-3-6-16(7-4-14)27-25-20-10-5-15(11-21(20)26-27)24-22(29)18-9-8-17(28(30)31)12-19(18)23/h3-13H,1-2H3,(H,24,29). The molecule has 0 saturated heterocycles. The molecular weight excluding hydrogens is 418 g/mol. The van der Waals surface area contributed by atoms with E-state index in [4.69, 9.17) is 11.6 Å². The summed E-state index contributed by atoms with van der Waals surface area (Å²) in [4.78, 5) is 24.4. The van der Waals surface area contributed by atoms with Crippen LogP contribution in [0.15, 0.2) is 60.7 Å². The predicted molar refractivity (Wildman–Crippen MR) is 119 cm³/mol. The van der Waals surface area contributed by atoms with Crippen molar-refractivity contribution in [3.05, 3.63) is 86.9 Å². The molecule has 4 rings (SSSR count). The van der Waals surface area contributed by atoms with E-state index in [0.29, 0.717) is 22.6 Å². The summed E-state index contributed by atoms with van der Waals surface area (Å²) in [6, 6.07) is 16.9. The second kappa shape index (κ2) is 8.16. The van der Waals surface area contributed by atoms with Crippen LogP contribution in [0.3, 0.4) is 0 Å². The number of carbonyl (C=O) groups excluding carboxylic acids is 1. The molecule has 1 N–H and O–H groups in total. The topological polar surface area (TPSA) is 103 Å². The summed E-state index contributed by atoms with van der Waals surface area (Å²) in [5, 5.41) is 22.6. The lowest BCUT2D eigenvalue weighted by molar-refractivity contribution is -0.384. The van der Waals surface area contributed by atoms with Crippen molar-refractivity contribution < 1.29 is 9.72 Å². The van der Waals surface area contributed by atoms with E-state index in [9.17, 15) is 14.9 Å². The van der Waals surface area contributed by atoms with Crippen LogP contribution in [0.1, 0.15) is 35.7 Å². The maximum Gasteiger partial charge on any atom is 0.270 e. The van der Waals surface area contributed by atoms with E-state index in [1.807, 2.05) is 24.3 Å². The molecule has 0 atom stereocenters. The van der Waals surface area contributed by atoms with E-state index in [2.05, 4.69) is 29.4 Å². The SMILES string of the molecule is CC(C)c1ccc(-n2nc3ccc(NC(=O)c4ccc([N+](=O)[O-])cc4Cl)cc3n2)cc1. The lowest BCUT2D eigenvalue weighted by Gasteiger charge is -2.06. The minimum Gasteiger partial charge on any atom is -0.322 e. The molecule has 0 radical (unpaired) electrons. The van der Waals surface area contributed by atoms with Gasteiger partial charge in [0, 0.05) is 17.8 Å². The lowest BCUT2D eigenvalue weighted by Crippen LogP contribution is -2.12. The predicted octanol–water partition coefficient (Wildman–Crippen LogP) is 5.36. The van der Waals surface area contributed by atoms with Gasteiger partial charge in [0.1, 0.15) is 11.0 Å². The van der Waals surface area contributed by atoms with Crippen molar-refractivity contribution in [1.29, 1.82) is 0 Å². The molecule has 0 aliphatic heterocycles. The van der Waals surface area contributed by atoms with Gasteiger partial charge in [-0.1, -0.05) is 37.6 Å². The number of aromatic nitrogens is 3. The molecule has 0 unspecified atom stereocenters. The number of fused-ring (bicyclic) bond motifs is 1. The van der Waals surface area contributed by atoms with Gasteiger partial charge in [0.2, 0.25) is 0 Å². The number of rotatable bonds is 5. The Balaban J connectivity index is 1.57. The first kappa shape index (κ1) is 20.5. The zero-order valence-electron chi connectivity index (χ0n) is 16.7. The number of hydrogen-bond donors (Lipinski definition) is 1. The number of hydrogen-bond acceptors (Lipinski definition) is 5. The van der Waals surface area contributed by atoms with Crippen LogP contribution < -0.4 is 5.32 Å². The van der Waals surface area contributed by atoms with Crippen LogP contribution in [0.2, 0.25) is 5.02 Å². The average molecular weight is 436 g/mol. The largest absolute Gasteiger partial charge is 0.322 e. The quantitative estimate of drug-likeness (QED) is 0.336. The number of nitro benzene ring substituents is 1. The third-order valence-electron chi connectivity index (χ3n) is 4.84. The highest BCUT2D eigenvalue weighted by Gasteiger charge is 2.16. The van der Waals surface area contributed by atoms with Crippen LogP contribution in [-0.4, -0.2) is 25.8 Å². The van der Waals surface area contributed by atoms with Gasteiger partial charge in [-0.3, -0.25) is 14.9 Å². The van der Waals surface area contributed by atoms with Gasteiger partial charge >= 0.3 is 0 Å². The first-order chi connectivity index (χ1) is 14.8. The highest BCUT2D eigenvalue weighted by atomic mass is 35.5. The van der Waals surface area contributed by atoms with Crippen molar-refractivity contribution in [2.24, 2.45) is 0 Å². The molecule has 3 aromatic carbocycles. The molecule has 4 aromatic rings. The molecule has 0 bridgehead atoms. The van der Waals surface area contributed by atoms with Crippen molar-refractivity contribution in [3.63, 3.8) is 0 Å². The van der Waals surface area contributed by atoms with Crippen LogP contribution >= 0.6 is 11.6 Å². The molecule has 0 fully saturated rings. The number of anilines is 1. The number of nitro groups is 1. The summed E-state index contributed by atoms with van der Waals surface area (Å²) in [6.45, 7) is 4.27. The number of non-ortho nitro benzene ring substituents is 1. The summed E-state index contributed by atoms with van der Waals surface area (Å²) in [6.07, 6.45) is 0. The van der Waals surface area contributed by atoms with Gasteiger partial charge < -0.3 is 5.32 Å². The summed E-state index contributed by atoms with van der Waals surface area (Å²) in [5.74, 6) is -0.0370. The molecule has 31 heavy (non-hydrogen) atoms. The number of nitrogens with zero attached hydrogens (tertiary/aromatic N) is 4. The Morgan fingerprint density at radius 3 is 2.39 bits per heavy atom. The highest BCUT2D eigenvalue weighted by molar-refractivity contribution is 6.34. The zero-order chi connectivity index (χ0) is 22.1. The van der Waals surface area contributed by atoms with Gasteiger partial charge in [0.25, 0.3) is 11.6 Å². The molecule has 8 nitrogen and oxygen atoms in total. The molecule has 1 aromatic heterocycles. The smallest absolute Gasteiger partial charge is 0.270 e. The molecule has 156 valence electrons. The molecule has 0 spiro atoms. The van der Waals surface area contributed by atoms with Crippen LogP contribution in [0.5, 0.6) is 0 Å². The highest BCUT2D eigenvalue weighted by Crippen LogP contribution is 2.24. The Morgan fingerprint density at radius 1 is 1.03 bits per heavy atom. The fourth-order valence-corrected chi connectivity index (χ4v) is 3.36. The van der Waals surface area contributed by atoms with Crippen molar-refractivity contribution in [1.82, 2.24) is 15.0 Å². The van der Waals surface area contributed by atoms with E-state index in [1.165, 1.54) is 17.7 Å². The average Bonchev–Trinajstić information content (AvgIpc) is 3.17. The Hall–Kier alpha value is -3.78. The molecule has 0 saturated carbocycles. The van der Waals surface area contributed by atoms with E-state index >= 15 is 0 Å². The number of halogens is 1. The van der Waals surface area contributed by atoms with E-state index in [0.717, 1.165) is 11.8 Å². The maximum atomic E-state index is 12.6. The van der Waals surface area contributed by atoms with E-state index in [1.54, 1.807) is 23.0 Å². The molecule has 0 aliphatic carbocycles. The van der Waals surface area contributed by atoms with Gasteiger partial charge in [-0.05, 0) is 47.9 Å².